The van der Waals surface area contributed by atoms with E-state index in [1.807, 2.05) is 11.9 Å². The molecule has 1 aromatic carbocycles. The quantitative estimate of drug-likeness (QED) is 0.819. The molecule has 1 atom stereocenters. The molecule has 0 saturated heterocycles. The predicted octanol–water partition coefficient (Wildman–Crippen LogP) is 2.44. The fourth-order valence-corrected chi connectivity index (χ4v) is 3.12. The van der Waals surface area contributed by atoms with Crippen molar-refractivity contribution < 1.29 is 8.42 Å². The maximum atomic E-state index is 12.1. The second-order valence-electron chi connectivity index (χ2n) is 6.37. The number of nitrogens with two attached hydrogens (primary N) is 1. The van der Waals surface area contributed by atoms with Crippen molar-refractivity contribution in [2.24, 2.45) is 5.41 Å². The van der Waals surface area contributed by atoms with Gasteiger partial charge in [0.25, 0.3) is 0 Å². The number of benzene rings is 1. The average Bonchev–Trinajstić information content (AvgIpc) is 2.36. The van der Waals surface area contributed by atoms with E-state index >= 15 is 0 Å². The zero-order chi connectivity index (χ0) is 16.4. The Balaban J connectivity index is 3.26. The van der Waals surface area contributed by atoms with E-state index in [-0.39, 0.29) is 16.4 Å². The molecular formula is C15H27N3O2S. The molecule has 3 N–H and O–H groups in total. The van der Waals surface area contributed by atoms with Crippen LogP contribution in [0.5, 0.6) is 0 Å². The number of anilines is 2. The number of rotatable bonds is 5. The van der Waals surface area contributed by atoms with Crippen LogP contribution in [0, 0.1) is 5.41 Å². The van der Waals surface area contributed by atoms with Gasteiger partial charge in [-0.1, -0.05) is 27.7 Å². The number of nitrogens with zero attached hydrogens (tertiary/aromatic N) is 1. The van der Waals surface area contributed by atoms with E-state index in [9.17, 15) is 8.42 Å². The molecule has 0 saturated carbocycles. The fraction of sp³-hybridized carbons (Fsp3) is 0.600. The molecule has 0 aliphatic rings. The first-order valence-corrected chi connectivity index (χ1v) is 8.61. The molecule has 0 aromatic heterocycles. The lowest BCUT2D eigenvalue weighted by molar-refractivity contribution is 0.330. The van der Waals surface area contributed by atoms with Crippen LogP contribution in [0.15, 0.2) is 23.1 Å². The largest absolute Gasteiger partial charge is 0.397 e. The SMILES string of the molecule is CCNS(=O)(=O)c1ccc(N)c(N(C)C(C)C(C)(C)C)c1. The Morgan fingerprint density at radius 3 is 2.38 bits per heavy atom. The van der Waals surface area contributed by atoms with Gasteiger partial charge in [-0.05, 0) is 30.5 Å². The van der Waals surface area contributed by atoms with Crippen molar-refractivity contribution in [2.75, 3.05) is 24.2 Å². The summed E-state index contributed by atoms with van der Waals surface area (Å²) >= 11 is 0. The van der Waals surface area contributed by atoms with Crippen molar-refractivity contribution in [1.29, 1.82) is 0 Å². The Kier molecular flexibility index (Phi) is 5.28. The maximum absolute atomic E-state index is 12.1. The Morgan fingerprint density at radius 1 is 1.33 bits per heavy atom. The van der Waals surface area contributed by atoms with Gasteiger partial charge >= 0.3 is 0 Å². The van der Waals surface area contributed by atoms with Crippen molar-refractivity contribution in [1.82, 2.24) is 4.72 Å². The van der Waals surface area contributed by atoms with Crippen LogP contribution in [0.4, 0.5) is 11.4 Å². The van der Waals surface area contributed by atoms with Crippen LogP contribution in [0.2, 0.25) is 0 Å². The summed E-state index contributed by atoms with van der Waals surface area (Å²) in [6, 6.07) is 5.02. The van der Waals surface area contributed by atoms with Crippen LogP contribution >= 0.6 is 0 Å². The standard InChI is InChI=1S/C15H27N3O2S/c1-7-17-21(19,20)12-8-9-13(16)14(10-12)18(6)11(2)15(3,4)5/h8-11,17H,7,16H2,1-6H3. The number of hydrogen-bond acceptors (Lipinski definition) is 4. The highest BCUT2D eigenvalue weighted by Gasteiger charge is 2.26. The first-order chi connectivity index (χ1) is 9.50. The van der Waals surface area contributed by atoms with Gasteiger partial charge in [-0.2, -0.15) is 0 Å². The van der Waals surface area contributed by atoms with Gasteiger partial charge < -0.3 is 10.6 Å². The molecule has 0 amide bonds. The second-order valence-corrected chi connectivity index (χ2v) is 8.14. The van der Waals surface area contributed by atoms with Crippen LogP contribution in [-0.4, -0.2) is 28.1 Å². The van der Waals surface area contributed by atoms with Crippen molar-refractivity contribution in [3.05, 3.63) is 18.2 Å². The number of sulfonamides is 1. The summed E-state index contributed by atoms with van der Waals surface area (Å²) < 4.78 is 26.7. The lowest BCUT2D eigenvalue weighted by atomic mass is 9.87. The van der Waals surface area contributed by atoms with Gasteiger partial charge in [0, 0.05) is 19.6 Å². The first-order valence-electron chi connectivity index (χ1n) is 7.12. The molecule has 0 aliphatic carbocycles. The third kappa shape index (κ3) is 4.11. The molecule has 1 aromatic rings. The molecule has 5 nitrogen and oxygen atoms in total. The number of hydrogen-bond donors (Lipinski definition) is 2. The minimum absolute atomic E-state index is 0.0533. The maximum Gasteiger partial charge on any atom is 0.240 e. The Labute approximate surface area is 128 Å². The summed E-state index contributed by atoms with van der Waals surface area (Å²) in [5, 5.41) is 0. The minimum atomic E-state index is -3.48. The second kappa shape index (κ2) is 6.23. The molecule has 6 heteroatoms. The molecule has 0 bridgehead atoms. The molecule has 0 radical (unpaired) electrons. The smallest absolute Gasteiger partial charge is 0.240 e. The van der Waals surface area contributed by atoms with Crippen LogP contribution in [0.25, 0.3) is 0 Å². The highest BCUT2D eigenvalue weighted by Crippen LogP contribution is 2.32. The van der Waals surface area contributed by atoms with E-state index < -0.39 is 10.0 Å². The van der Waals surface area contributed by atoms with E-state index in [0.29, 0.717) is 12.2 Å². The van der Waals surface area contributed by atoms with E-state index in [1.54, 1.807) is 19.1 Å². The molecule has 1 unspecified atom stereocenters. The predicted molar refractivity (Wildman–Crippen MR) is 89.0 cm³/mol. The monoisotopic (exact) mass is 313 g/mol. The highest BCUT2D eigenvalue weighted by atomic mass is 32.2. The molecular weight excluding hydrogens is 286 g/mol. The zero-order valence-electron chi connectivity index (χ0n) is 13.8. The van der Waals surface area contributed by atoms with Crippen molar-refractivity contribution in [3.8, 4) is 0 Å². The summed E-state index contributed by atoms with van der Waals surface area (Å²) in [6.45, 7) is 10.6. The summed E-state index contributed by atoms with van der Waals surface area (Å²) in [5.74, 6) is 0. The number of nitrogens with one attached hydrogen (secondary N) is 1. The highest BCUT2D eigenvalue weighted by molar-refractivity contribution is 7.89. The molecule has 120 valence electrons. The Morgan fingerprint density at radius 2 is 1.90 bits per heavy atom. The fourth-order valence-electron chi connectivity index (χ4n) is 2.06. The molecule has 0 aliphatic heterocycles. The van der Waals surface area contributed by atoms with Crippen molar-refractivity contribution in [2.45, 2.75) is 45.6 Å². The van der Waals surface area contributed by atoms with E-state index in [1.165, 1.54) is 6.07 Å². The lowest BCUT2D eigenvalue weighted by Gasteiger charge is -2.37. The van der Waals surface area contributed by atoms with E-state index in [4.69, 9.17) is 5.73 Å². The van der Waals surface area contributed by atoms with Gasteiger partial charge in [0.15, 0.2) is 0 Å². The van der Waals surface area contributed by atoms with E-state index in [0.717, 1.165) is 5.69 Å². The summed E-state index contributed by atoms with van der Waals surface area (Å²) in [6.07, 6.45) is 0. The van der Waals surface area contributed by atoms with Crippen molar-refractivity contribution >= 4 is 21.4 Å². The Bertz CT molecular complexity index is 591. The van der Waals surface area contributed by atoms with Crippen LogP contribution in [0.3, 0.4) is 0 Å². The summed E-state index contributed by atoms with van der Waals surface area (Å²) in [5.41, 5.74) is 7.39. The lowest BCUT2D eigenvalue weighted by Crippen LogP contribution is -2.39. The molecule has 0 heterocycles. The topological polar surface area (TPSA) is 75.4 Å². The van der Waals surface area contributed by atoms with Gasteiger partial charge in [-0.15, -0.1) is 0 Å². The molecule has 1 rings (SSSR count). The summed E-state index contributed by atoms with van der Waals surface area (Å²) in [4.78, 5) is 2.27. The van der Waals surface area contributed by atoms with Gasteiger partial charge in [0.1, 0.15) is 0 Å². The minimum Gasteiger partial charge on any atom is -0.397 e. The van der Waals surface area contributed by atoms with Gasteiger partial charge in [-0.3, -0.25) is 0 Å². The van der Waals surface area contributed by atoms with Gasteiger partial charge in [0.2, 0.25) is 10.0 Å². The normalized spacial score (nSPS) is 14.0. The van der Waals surface area contributed by atoms with Gasteiger partial charge in [-0.25, -0.2) is 13.1 Å². The molecule has 0 spiro atoms. The van der Waals surface area contributed by atoms with E-state index in [2.05, 4.69) is 32.4 Å². The van der Waals surface area contributed by atoms with Crippen LogP contribution < -0.4 is 15.4 Å². The first kappa shape index (κ1) is 17.8. The average molecular weight is 313 g/mol. The number of nitrogen functional groups attached to an aromatic ring is 1. The zero-order valence-corrected chi connectivity index (χ0v) is 14.6. The van der Waals surface area contributed by atoms with Crippen LogP contribution in [0.1, 0.15) is 34.6 Å². The summed E-state index contributed by atoms with van der Waals surface area (Å²) in [7, 11) is -1.54. The molecule has 0 fully saturated rings. The third-order valence-electron chi connectivity index (χ3n) is 3.86. The Hall–Kier alpha value is -1.27. The molecule has 21 heavy (non-hydrogen) atoms. The van der Waals surface area contributed by atoms with Gasteiger partial charge in [0.05, 0.1) is 16.3 Å². The van der Waals surface area contributed by atoms with Crippen LogP contribution in [-0.2, 0) is 10.0 Å². The van der Waals surface area contributed by atoms with Crippen molar-refractivity contribution in [3.63, 3.8) is 0 Å². The third-order valence-corrected chi connectivity index (χ3v) is 5.40.